The quantitative estimate of drug-likeness (QED) is 0.827. The third kappa shape index (κ3) is 3.68. The van der Waals surface area contributed by atoms with Crippen molar-refractivity contribution >= 4 is 5.91 Å². The molecule has 1 heterocycles. The van der Waals surface area contributed by atoms with Crippen LogP contribution in [0.4, 0.5) is 0 Å². The van der Waals surface area contributed by atoms with Crippen molar-refractivity contribution in [3.63, 3.8) is 0 Å². The molecule has 4 nitrogen and oxygen atoms in total. The molecule has 0 aliphatic rings. The van der Waals surface area contributed by atoms with Gasteiger partial charge in [0.25, 0.3) is 0 Å². The molecule has 90 valence electrons. The molecule has 0 unspecified atom stereocenters. The van der Waals surface area contributed by atoms with Gasteiger partial charge in [0.1, 0.15) is 0 Å². The molecule has 0 aliphatic heterocycles. The third-order valence-corrected chi connectivity index (χ3v) is 2.67. The maximum absolute atomic E-state index is 11.6. The van der Waals surface area contributed by atoms with Gasteiger partial charge in [-0.3, -0.25) is 9.48 Å². The summed E-state index contributed by atoms with van der Waals surface area (Å²) in [6, 6.07) is 2.28. The van der Waals surface area contributed by atoms with Crippen LogP contribution in [0.15, 0.2) is 6.07 Å². The van der Waals surface area contributed by atoms with Gasteiger partial charge in [-0.15, -0.1) is 0 Å². The molecule has 0 aliphatic carbocycles. The minimum atomic E-state index is 0.0990. The van der Waals surface area contributed by atoms with Crippen molar-refractivity contribution in [2.45, 2.75) is 53.1 Å². The van der Waals surface area contributed by atoms with Gasteiger partial charge in [-0.2, -0.15) is 5.10 Å². The summed E-state index contributed by atoms with van der Waals surface area (Å²) in [5.41, 5.74) is 2.11. The van der Waals surface area contributed by atoms with Gasteiger partial charge in [0.15, 0.2) is 0 Å². The Kier molecular flexibility index (Phi) is 4.52. The molecule has 0 saturated heterocycles. The zero-order valence-corrected chi connectivity index (χ0v) is 10.6. The van der Waals surface area contributed by atoms with Crippen LogP contribution in [0.5, 0.6) is 0 Å². The van der Waals surface area contributed by atoms with Crippen molar-refractivity contribution in [2.75, 3.05) is 0 Å². The first-order valence-electron chi connectivity index (χ1n) is 5.83. The Labute approximate surface area is 97.0 Å². The molecule has 4 heteroatoms. The zero-order chi connectivity index (χ0) is 12.1. The Hall–Kier alpha value is -1.32. The second-order valence-electron chi connectivity index (χ2n) is 4.28. The van der Waals surface area contributed by atoms with E-state index in [-0.39, 0.29) is 11.9 Å². The van der Waals surface area contributed by atoms with Crippen molar-refractivity contribution in [3.8, 4) is 0 Å². The summed E-state index contributed by atoms with van der Waals surface area (Å²) in [6.07, 6.45) is 1.46. The number of hydrogen-bond donors (Lipinski definition) is 1. The summed E-state index contributed by atoms with van der Waals surface area (Å²) < 4.78 is 1.88. The molecule has 1 atom stereocenters. The number of nitrogens with zero attached hydrogens (tertiary/aromatic N) is 2. The highest BCUT2D eigenvalue weighted by atomic mass is 16.1. The lowest BCUT2D eigenvalue weighted by Gasteiger charge is -2.11. The summed E-state index contributed by atoms with van der Waals surface area (Å²) in [5, 5.41) is 7.26. The smallest absolute Gasteiger partial charge is 0.222 e. The summed E-state index contributed by atoms with van der Waals surface area (Å²) in [7, 11) is 0. The number of aromatic nitrogens is 2. The number of aryl methyl sites for hydroxylation is 3. The van der Waals surface area contributed by atoms with Crippen LogP contribution >= 0.6 is 0 Å². The number of rotatable bonds is 5. The first-order valence-corrected chi connectivity index (χ1v) is 5.83. The highest BCUT2D eigenvalue weighted by Gasteiger charge is 2.07. The van der Waals surface area contributed by atoms with Crippen LogP contribution in [-0.4, -0.2) is 21.7 Å². The minimum absolute atomic E-state index is 0.0990. The molecule has 1 rings (SSSR count). The molecular weight excluding hydrogens is 202 g/mol. The number of carbonyl (C=O) groups excluding carboxylic acids is 1. The normalized spacial score (nSPS) is 12.5. The number of hydrogen-bond acceptors (Lipinski definition) is 2. The largest absolute Gasteiger partial charge is 0.354 e. The van der Waals surface area contributed by atoms with E-state index in [0.29, 0.717) is 13.0 Å². The first-order chi connectivity index (χ1) is 7.52. The fourth-order valence-electron chi connectivity index (χ4n) is 1.56. The minimum Gasteiger partial charge on any atom is -0.354 e. The lowest BCUT2D eigenvalue weighted by atomic mass is 10.2. The summed E-state index contributed by atoms with van der Waals surface area (Å²) in [4.78, 5) is 11.6. The lowest BCUT2D eigenvalue weighted by Crippen LogP contribution is -2.32. The zero-order valence-electron chi connectivity index (χ0n) is 10.6. The number of nitrogens with one attached hydrogen (secondary N) is 1. The van der Waals surface area contributed by atoms with Crippen molar-refractivity contribution in [2.24, 2.45) is 0 Å². The third-order valence-electron chi connectivity index (χ3n) is 2.67. The lowest BCUT2D eigenvalue weighted by molar-refractivity contribution is -0.121. The monoisotopic (exact) mass is 223 g/mol. The van der Waals surface area contributed by atoms with Gasteiger partial charge < -0.3 is 5.32 Å². The van der Waals surface area contributed by atoms with E-state index in [1.807, 2.05) is 31.5 Å². The molecule has 0 radical (unpaired) electrons. The fraction of sp³-hybridized carbons (Fsp3) is 0.667. The Balaban J connectivity index is 2.40. The molecule has 1 aromatic rings. The van der Waals surface area contributed by atoms with Crippen molar-refractivity contribution < 1.29 is 4.79 Å². The highest BCUT2D eigenvalue weighted by Crippen LogP contribution is 2.02. The van der Waals surface area contributed by atoms with Crippen LogP contribution in [0.2, 0.25) is 0 Å². The topological polar surface area (TPSA) is 46.9 Å². The van der Waals surface area contributed by atoms with E-state index < -0.39 is 0 Å². The van der Waals surface area contributed by atoms with E-state index in [1.54, 1.807) is 0 Å². The van der Waals surface area contributed by atoms with Gasteiger partial charge >= 0.3 is 0 Å². The van der Waals surface area contributed by atoms with E-state index in [9.17, 15) is 4.79 Å². The van der Waals surface area contributed by atoms with E-state index in [2.05, 4.69) is 17.3 Å². The molecule has 16 heavy (non-hydrogen) atoms. The van der Waals surface area contributed by atoms with Crippen LogP contribution in [0, 0.1) is 13.8 Å². The number of amides is 1. The van der Waals surface area contributed by atoms with Gasteiger partial charge in [0.05, 0.1) is 5.69 Å². The Morgan fingerprint density at radius 1 is 1.56 bits per heavy atom. The molecule has 0 spiro atoms. The van der Waals surface area contributed by atoms with E-state index in [4.69, 9.17) is 0 Å². The first kappa shape index (κ1) is 12.7. The predicted molar refractivity (Wildman–Crippen MR) is 64.2 cm³/mol. The van der Waals surface area contributed by atoms with Gasteiger partial charge in [-0.05, 0) is 33.3 Å². The summed E-state index contributed by atoms with van der Waals surface area (Å²) >= 11 is 0. The molecule has 1 amide bonds. The fourth-order valence-corrected chi connectivity index (χ4v) is 1.56. The SMILES string of the molecule is CC[C@@H](C)NC(=O)CCn1nc(C)cc1C. The van der Waals surface area contributed by atoms with Crippen LogP contribution in [0.1, 0.15) is 38.1 Å². The Bertz CT molecular complexity index is 357. The van der Waals surface area contributed by atoms with Crippen molar-refractivity contribution in [3.05, 3.63) is 17.5 Å². The molecule has 0 fully saturated rings. The molecule has 0 aromatic carbocycles. The average molecular weight is 223 g/mol. The van der Waals surface area contributed by atoms with Gasteiger partial charge in [-0.1, -0.05) is 6.92 Å². The van der Waals surface area contributed by atoms with Crippen LogP contribution in [0.25, 0.3) is 0 Å². The summed E-state index contributed by atoms with van der Waals surface area (Å²) in [5.74, 6) is 0.0990. The predicted octanol–water partition coefficient (Wildman–Crippen LogP) is 1.80. The van der Waals surface area contributed by atoms with E-state index >= 15 is 0 Å². The van der Waals surface area contributed by atoms with E-state index in [0.717, 1.165) is 17.8 Å². The summed E-state index contributed by atoms with van der Waals surface area (Å²) in [6.45, 7) is 8.70. The molecule has 1 aromatic heterocycles. The van der Waals surface area contributed by atoms with E-state index in [1.165, 1.54) is 0 Å². The average Bonchev–Trinajstić information content (AvgIpc) is 2.54. The maximum Gasteiger partial charge on any atom is 0.222 e. The molecule has 0 bridgehead atoms. The maximum atomic E-state index is 11.6. The standard InChI is InChI=1S/C12H21N3O/c1-5-9(2)13-12(16)6-7-15-11(4)8-10(3)14-15/h8-9H,5-7H2,1-4H3,(H,13,16)/t9-/m1/s1. The van der Waals surface area contributed by atoms with Gasteiger partial charge in [0.2, 0.25) is 5.91 Å². The van der Waals surface area contributed by atoms with Crippen LogP contribution < -0.4 is 5.32 Å². The molecule has 0 saturated carbocycles. The second kappa shape index (κ2) is 5.68. The highest BCUT2D eigenvalue weighted by molar-refractivity contribution is 5.76. The second-order valence-corrected chi connectivity index (χ2v) is 4.28. The van der Waals surface area contributed by atoms with Crippen LogP contribution in [-0.2, 0) is 11.3 Å². The van der Waals surface area contributed by atoms with Crippen LogP contribution in [0.3, 0.4) is 0 Å². The molecule has 1 N–H and O–H groups in total. The van der Waals surface area contributed by atoms with Gasteiger partial charge in [-0.25, -0.2) is 0 Å². The Morgan fingerprint density at radius 3 is 2.75 bits per heavy atom. The Morgan fingerprint density at radius 2 is 2.25 bits per heavy atom. The number of carbonyl (C=O) groups is 1. The van der Waals surface area contributed by atoms with Gasteiger partial charge in [0, 0.05) is 24.7 Å². The van der Waals surface area contributed by atoms with Crippen molar-refractivity contribution in [1.82, 2.24) is 15.1 Å². The molecular formula is C12H21N3O. The van der Waals surface area contributed by atoms with Crippen molar-refractivity contribution in [1.29, 1.82) is 0 Å².